The van der Waals surface area contributed by atoms with E-state index in [4.69, 9.17) is 0 Å². The molecule has 0 spiro atoms. The summed E-state index contributed by atoms with van der Waals surface area (Å²) in [5, 5.41) is 0. The molecule has 104 valence electrons. The van der Waals surface area contributed by atoms with Crippen LogP contribution in [0.4, 0.5) is 4.79 Å². The van der Waals surface area contributed by atoms with Gasteiger partial charge in [0, 0.05) is 45.3 Å². The van der Waals surface area contributed by atoms with E-state index in [9.17, 15) is 4.79 Å². The van der Waals surface area contributed by atoms with Crippen molar-refractivity contribution in [3.8, 4) is 0 Å². The Balaban J connectivity index is 1.82. The molecular formula is C14H27N3O. The van der Waals surface area contributed by atoms with E-state index in [1.54, 1.807) is 0 Å². The molecule has 0 aliphatic carbocycles. The summed E-state index contributed by atoms with van der Waals surface area (Å²) in [4.78, 5) is 19.0. The molecule has 4 nitrogen and oxygen atoms in total. The average molecular weight is 253 g/mol. The van der Waals surface area contributed by atoms with Crippen molar-refractivity contribution in [2.45, 2.75) is 45.6 Å². The minimum Gasteiger partial charge on any atom is -0.325 e. The molecule has 2 aliphatic heterocycles. The van der Waals surface area contributed by atoms with Crippen molar-refractivity contribution in [3.63, 3.8) is 0 Å². The number of piperazine rings is 1. The highest BCUT2D eigenvalue weighted by molar-refractivity contribution is 5.74. The number of carbonyl (C=O) groups excluding carboxylic acids is 1. The van der Waals surface area contributed by atoms with Crippen molar-refractivity contribution in [3.05, 3.63) is 0 Å². The van der Waals surface area contributed by atoms with Crippen molar-refractivity contribution in [2.24, 2.45) is 0 Å². The number of amides is 2. The van der Waals surface area contributed by atoms with Gasteiger partial charge in [-0.25, -0.2) is 4.79 Å². The molecule has 2 aliphatic rings. The fourth-order valence-corrected chi connectivity index (χ4v) is 2.89. The molecule has 2 heterocycles. The number of nitrogens with zero attached hydrogens (tertiary/aromatic N) is 3. The van der Waals surface area contributed by atoms with Crippen LogP contribution in [0.5, 0.6) is 0 Å². The molecule has 0 N–H and O–H groups in total. The summed E-state index contributed by atoms with van der Waals surface area (Å²) >= 11 is 0. The molecule has 0 saturated carbocycles. The van der Waals surface area contributed by atoms with Crippen molar-refractivity contribution in [2.75, 3.05) is 39.3 Å². The van der Waals surface area contributed by atoms with E-state index in [0.717, 1.165) is 39.3 Å². The molecule has 2 fully saturated rings. The van der Waals surface area contributed by atoms with E-state index >= 15 is 0 Å². The molecule has 0 bridgehead atoms. The van der Waals surface area contributed by atoms with Crippen LogP contribution in [0.15, 0.2) is 0 Å². The van der Waals surface area contributed by atoms with Crippen molar-refractivity contribution in [1.29, 1.82) is 0 Å². The number of urea groups is 1. The van der Waals surface area contributed by atoms with E-state index in [1.165, 1.54) is 25.7 Å². The van der Waals surface area contributed by atoms with Crippen molar-refractivity contribution in [1.82, 2.24) is 14.7 Å². The van der Waals surface area contributed by atoms with Gasteiger partial charge in [-0.3, -0.25) is 4.90 Å². The van der Waals surface area contributed by atoms with Gasteiger partial charge in [-0.05, 0) is 26.7 Å². The molecule has 0 aromatic heterocycles. The molecule has 2 saturated heterocycles. The lowest BCUT2D eigenvalue weighted by molar-refractivity contribution is 0.0994. The van der Waals surface area contributed by atoms with Gasteiger partial charge in [0.15, 0.2) is 0 Å². The summed E-state index contributed by atoms with van der Waals surface area (Å²) in [5.74, 6) is 0. The van der Waals surface area contributed by atoms with E-state index in [-0.39, 0.29) is 6.03 Å². The molecule has 2 amide bonds. The van der Waals surface area contributed by atoms with Gasteiger partial charge >= 0.3 is 6.03 Å². The van der Waals surface area contributed by atoms with Crippen LogP contribution in [0.2, 0.25) is 0 Å². The van der Waals surface area contributed by atoms with Crippen molar-refractivity contribution < 1.29 is 4.79 Å². The van der Waals surface area contributed by atoms with Crippen LogP contribution in [0.3, 0.4) is 0 Å². The summed E-state index contributed by atoms with van der Waals surface area (Å²) in [6.45, 7) is 10.2. The quantitative estimate of drug-likeness (QED) is 0.714. The lowest BCUT2D eigenvalue weighted by atomic mass is 10.2. The van der Waals surface area contributed by atoms with Gasteiger partial charge in [0.1, 0.15) is 0 Å². The highest BCUT2D eigenvalue weighted by Crippen LogP contribution is 2.13. The predicted octanol–water partition coefficient (Wildman–Crippen LogP) is 2.01. The lowest BCUT2D eigenvalue weighted by Gasteiger charge is -2.39. The Hall–Kier alpha value is -0.770. The molecule has 0 aromatic carbocycles. The number of hydrogen-bond donors (Lipinski definition) is 0. The number of rotatable bonds is 1. The lowest BCUT2D eigenvalue weighted by Crippen LogP contribution is -2.54. The van der Waals surface area contributed by atoms with Gasteiger partial charge in [0.25, 0.3) is 0 Å². The molecule has 0 atom stereocenters. The average Bonchev–Trinajstić information content (AvgIpc) is 2.67. The zero-order valence-electron chi connectivity index (χ0n) is 11.9. The Morgan fingerprint density at radius 2 is 1.28 bits per heavy atom. The maximum Gasteiger partial charge on any atom is 0.320 e. The number of hydrogen-bond acceptors (Lipinski definition) is 2. The molecule has 0 unspecified atom stereocenters. The maximum absolute atomic E-state index is 12.4. The largest absolute Gasteiger partial charge is 0.325 e. The molecule has 0 radical (unpaired) electrons. The van der Waals surface area contributed by atoms with Crippen LogP contribution in [-0.2, 0) is 0 Å². The highest BCUT2D eigenvalue weighted by Gasteiger charge is 2.26. The second kappa shape index (κ2) is 6.41. The topological polar surface area (TPSA) is 26.8 Å². The number of likely N-dealkylation sites (tertiary alicyclic amines) is 1. The van der Waals surface area contributed by atoms with Gasteiger partial charge < -0.3 is 9.80 Å². The highest BCUT2D eigenvalue weighted by atomic mass is 16.2. The van der Waals surface area contributed by atoms with E-state index in [1.807, 2.05) is 4.90 Å². The molecule has 0 aromatic rings. The van der Waals surface area contributed by atoms with Crippen molar-refractivity contribution >= 4 is 6.03 Å². The molecule has 2 rings (SSSR count). The van der Waals surface area contributed by atoms with Gasteiger partial charge in [0.2, 0.25) is 0 Å². The molecule has 4 heteroatoms. The van der Waals surface area contributed by atoms with Crippen LogP contribution in [0.25, 0.3) is 0 Å². The third-order valence-electron chi connectivity index (χ3n) is 4.19. The SMILES string of the molecule is CC(C)N1CCN(C(=O)N2CCCCCC2)CC1. The summed E-state index contributed by atoms with van der Waals surface area (Å²) in [6.07, 6.45) is 4.92. The standard InChI is InChI=1S/C14H27N3O/c1-13(2)15-9-11-17(12-10-15)14(18)16-7-5-3-4-6-8-16/h13H,3-12H2,1-2H3. The van der Waals surface area contributed by atoms with Crippen LogP contribution >= 0.6 is 0 Å². The first-order valence-electron chi connectivity index (χ1n) is 7.46. The van der Waals surface area contributed by atoms with Crippen LogP contribution in [0, 0.1) is 0 Å². The summed E-state index contributed by atoms with van der Waals surface area (Å²) in [6, 6.07) is 0.876. The Morgan fingerprint density at radius 1 is 0.778 bits per heavy atom. The van der Waals surface area contributed by atoms with E-state index < -0.39 is 0 Å². The van der Waals surface area contributed by atoms with Crippen LogP contribution in [-0.4, -0.2) is 66.0 Å². The first kappa shape index (κ1) is 13.7. The zero-order chi connectivity index (χ0) is 13.0. The normalized spacial score (nSPS) is 23.3. The van der Waals surface area contributed by atoms with Gasteiger partial charge in [-0.1, -0.05) is 12.8 Å². The van der Waals surface area contributed by atoms with E-state index in [0.29, 0.717) is 6.04 Å². The Morgan fingerprint density at radius 3 is 1.78 bits per heavy atom. The Kier molecular flexibility index (Phi) is 4.87. The fraction of sp³-hybridized carbons (Fsp3) is 0.929. The smallest absolute Gasteiger partial charge is 0.320 e. The Labute approximate surface area is 111 Å². The predicted molar refractivity (Wildman–Crippen MR) is 73.7 cm³/mol. The summed E-state index contributed by atoms with van der Waals surface area (Å²) in [7, 11) is 0. The van der Waals surface area contributed by atoms with E-state index in [2.05, 4.69) is 23.6 Å². The van der Waals surface area contributed by atoms with Crippen LogP contribution in [0.1, 0.15) is 39.5 Å². The van der Waals surface area contributed by atoms with Gasteiger partial charge in [0.05, 0.1) is 0 Å². The third kappa shape index (κ3) is 3.37. The fourth-order valence-electron chi connectivity index (χ4n) is 2.89. The van der Waals surface area contributed by atoms with Crippen LogP contribution < -0.4 is 0 Å². The minimum atomic E-state index is 0.278. The minimum absolute atomic E-state index is 0.278. The second-order valence-corrected chi connectivity index (χ2v) is 5.80. The van der Waals surface area contributed by atoms with Gasteiger partial charge in [-0.15, -0.1) is 0 Å². The molecular weight excluding hydrogens is 226 g/mol. The molecule has 18 heavy (non-hydrogen) atoms. The third-order valence-corrected chi connectivity index (χ3v) is 4.19. The zero-order valence-corrected chi connectivity index (χ0v) is 11.9. The summed E-state index contributed by atoms with van der Waals surface area (Å²) < 4.78 is 0. The summed E-state index contributed by atoms with van der Waals surface area (Å²) in [5.41, 5.74) is 0. The number of carbonyl (C=O) groups is 1. The monoisotopic (exact) mass is 253 g/mol. The maximum atomic E-state index is 12.4. The van der Waals surface area contributed by atoms with Gasteiger partial charge in [-0.2, -0.15) is 0 Å². The first-order valence-corrected chi connectivity index (χ1v) is 7.46. The Bertz CT molecular complexity index is 264. The second-order valence-electron chi connectivity index (χ2n) is 5.80. The first-order chi connectivity index (χ1) is 8.68.